The number of hydrogen-bond donors (Lipinski definition) is 2. The molecular weight excluding hydrogens is 436 g/mol. The van der Waals surface area contributed by atoms with Gasteiger partial charge >= 0.3 is 5.69 Å². The van der Waals surface area contributed by atoms with Crippen LogP contribution in [-0.4, -0.2) is 20.4 Å². The van der Waals surface area contributed by atoms with Crippen molar-refractivity contribution in [2.75, 3.05) is 0 Å². The van der Waals surface area contributed by atoms with E-state index in [1.165, 1.54) is 12.2 Å². The van der Waals surface area contributed by atoms with E-state index < -0.39 is 17.1 Å². The number of aromatic hydroxyl groups is 1. The Labute approximate surface area is 173 Å². The van der Waals surface area contributed by atoms with E-state index in [0.29, 0.717) is 11.3 Å². The minimum absolute atomic E-state index is 0.168. The zero-order valence-corrected chi connectivity index (χ0v) is 16.9. The number of carbonyl (C=O) groups is 1. The van der Waals surface area contributed by atoms with Crippen LogP contribution in [0.25, 0.3) is 23.4 Å². The number of aromatic nitrogens is 2. The summed E-state index contributed by atoms with van der Waals surface area (Å²) in [6, 6.07) is 12.3. The number of halogens is 1. The van der Waals surface area contributed by atoms with Crippen molar-refractivity contribution in [1.29, 1.82) is 0 Å². The van der Waals surface area contributed by atoms with Crippen LogP contribution < -0.4 is 11.2 Å². The lowest BCUT2D eigenvalue weighted by Gasteiger charge is -2.14. The summed E-state index contributed by atoms with van der Waals surface area (Å²) in [6.45, 7) is 1.84. The van der Waals surface area contributed by atoms with Gasteiger partial charge in [0.25, 0.3) is 5.56 Å². The Hall–Kier alpha value is -3.45. The first-order chi connectivity index (χ1) is 13.9. The molecule has 144 valence electrons. The first kappa shape index (κ1) is 18.9. The molecule has 0 spiro atoms. The highest BCUT2D eigenvalue weighted by Crippen LogP contribution is 2.30. The molecule has 0 amide bonds. The van der Waals surface area contributed by atoms with E-state index in [9.17, 15) is 19.5 Å². The fourth-order valence-corrected chi connectivity index (χ4v) is 3.49. The number of ketones is 1. The molecule has 0 radical (unpaired) electrons. The van der Waals surface area contributed by atoms with Crippen molar-refractivity contribution in [3.8, 4) is 11.6 Å². The summed E-state index contributed by atoms with van der Waals surface area (Å²) >= 11 is 3.39. The summed E-state index contributed by atoms with van der Waals surface area (Å²) in [5.41, 5.74) is 1.26. The molecule has 0 atom stereocenters. The number of hydrogen-bond acceptors (Lipinski definition) is 4. The zero-order chi connectivity index (χ0) is 20.7. The minimum atomic E-state index is -0.773. The Bertz CT molecular complexity index is 1350. The first-order valence-electron chi connectivity index (χ1n) is 8.75. The molecule has 2 N–H and O–H groups in total. The number of carbonyl (C=O) groups excluding carboxylic acids is 1. The number of allylic oxidation sites excluding steroid dienone is 2. The van der Waals surface area contributed by atoms with Gasteiger partial charge < -0.3 is 5.11 Å². The van der Waals surface area contributed by atoms with E-state index in [1.807, 2.05) is 19.1 Å². The van der Waals surface area contributed by atoms with Crippen molar-refractivity contribution in [3.05, 3.63) is 96.1 Å². The average molecular weight is 451 g/mol. The lowest BCUT2D eigenvalue weighted by atomic mass is 9.90. The highest BCUT2D eigenvalue weighted by Gasteiger charge is 2.20. The summed E-state index contributed by atoms with van der Waals surface area (Å²) < 4.78 is 1.85. The van der Waals surface area contributed by atoms with Gasteiger partial charge in [-0.25, -0.2) is 9.36 Å². The highest BCUT2D eigenvalue weighted by atomic mass is 79.9. The largest absolute Gasteiger partial charge is 0.494 e. The summed E-state index contributed by atoms with van der Waals surface area (Å²) in [5, 5.41) is 10.8. The first-order valence-corrected chi connectivity index (χ1v) is 9.54. The standard InChI is InChI=1S/C22H15BrN2O4/c1-12-10-14(7-8-18(12)23)25-21(28)17(20(27)24-22(25)29)11-16-15-5-3-2-4-13(15)6-9-19(16)26/h2-11,28H,1H3,(H,24,27,29). The van der Waals surface area contributed by atoms with Gasteiger partial charge in [-0.2, -0.15) is 0 Å². The second-order valence-corrected chi connectivity index (χ2v) is 7.46. The van der Waals surface area contributed by atoms with Crippen LogP contribution in [0.3, 0.4) is 0 Å². The lowest BCUT2D eigenvalue weighted by Crippen LogP contribution is -2.30. The Morgan fingerprint density at radius 2 is 1.83 bits per heavy atom. The van der Waals surface area contributed by atoms with Crippen LogP contribution in [0.1, 0.15) is 22.3 Å². The molecule has 2 aromatic carbocycles. The molecule has 1 aliphatic rings. The molecule has 1 aromatic heterocycles. The molecule has 6 nitrogen and oxygen atoms in total. The van der Waals surface area contributed by atoms with Gasteiger partial charge in [-0.15, -0.1) is 0 Å². The van der Waals surface area contributed by atoms with E-state index in [4.69, 9.17) is 0 Å². The van der Waals surface area contributed by atoms with Gasteiger partial charge in [-0.3, -0.25) is 14.6 Å². The monoisotopic (exact) mass is 450 g/mol. The normalized spacial score (nSPS) is 14.3. The predicted molar refractivity (Wildman–Crippen MR) is 115 cm³/mol. The van der Waals surface area contributed by atoms with Gasteiger partial charge in [0.2, 0.25) is 5.88 Å². The molecule has 0 saturated heterocycles. The van der Waals surface area contributed by atoms with Crippen LogP contribution in [0.5, 0.6) is 5.88 Å². The van der Waals surface area contributed by atoms with E-state index in [-0.39, 0.29) is 16.9 Å². The number of H-pyrrole nitrogens is 1. The van der Waals surface area contributed by atoms with E-state index in [1.54, 1.807) is 36.4 Å². The van der Waals surface area contributed by atoms with Crippen LogP contribution >= 0.6 is 15.9 Å². The van der Waals surface area contributed by atoms with Crippen molar-refractivity contribution >= 4 is 39.4 Å². The number of fused-ring (bicyclic) bond motifs is 1. The fourth-order valence-electron chi connectivity index (χ4n) is 3.24. The Kier molecular flexibility index (Phi) is 4.68. The molecule has 29 heavy (non-hydrogen) atoms. The van der Waals surface area contributed by atoms with E-state index in [2.05, 4.69) is 20.9 Å². The van der Waals surface area contributed by atoms with Gasteiger partial charge in [0.05, 0.1) is 5.69 Å². The summed E-state index contributed by atoms with van der Waals surface area (Å²) in [4.78, 5) is 39.5. The molecule has 0 saturated carbocycles. The van der Waals surface area contributed by atoms with Crippen LogP contribution in [0.15, 0.2) is 62.6 Å². The fraction of sp³-hybridized carbons (Fsp3) is 0.0455. The maximum atomic E-state index is 12.5. The number of aromatic amines is 1. The average Bonchev–Trinajstić information content (AvgIpc) is 2.69. The quantitative estimate of drug-likeness (QED) is 0.584. The smallest absolute Gasteiger partial charge is 0.335 e. The predicted octanol–water partition coefficient (Wildman–Crippen LogP) is 3.44. The SMILES string of the molecule is Cc1cc(-n2c(O)c(C=C3C(=O)C=Cc4ccccc43)c(=O)[nH]c2=O)ccc1Br. The van der Waals surface area contributed by atoms with Gasteiger partial charge in [-0.05, 0) is 54.0 Å². The Balaban J connectivity index is 1.96. The topological polar surface area (TPSA) is 92.2 Å². The third kappa shape index (κ3) is 3.30. The summed E-state index contributed by atoms with van der Waals surface area (Å²) in [6.07, 6.45) is 4.43. The third-order valence-electron chi connectivity index (χ3n) is 4.74. The maximum Gasteiger partial charge on any atom is 0.335 e. The van der Waals surface area contributed by atoms with Crippen LogP contribution in [-0.2, 0) is 4.79 Å². The van der Waals surface area contributed by atoms with Crippen molar-refractivity contribution in [2.24, 2.45) is 0 Å². The molecule has 0 unspecified atom stereocenters. The summed E-state index contributed by atoms with van der Waals surface area (Å²) in [5.74, 6) is -0.826. The van der Waals surface area contributed by atoms with Crippen molar-refractivity contribution in [3.63, 3.8) is 0 Å². The number of aryl methyl sites for hydroxylation is 1. The molecule has 1 heterocycles. The van der Waals surface area contributed by atoms with Crippen LogP contribution in [0.4, 0.5) is 0 Å². The molecule has 0 bridgehead atoms. The molecular formula is C22H15BrN2O4. The Morgan fingerprint density at radius 3 is 2.59 bits per heavy atom. The second kappa shape index (κ2) is 7.18. The van der Waals surface area contributed by atoms with Gasteiger partial charge in [0.15, 0.2) is 5.78 Å². The van der Waals surface area contributed by atoms with Gasteiger partial charge in [0.1, 0.15) is 5.56 Å². The number of rotatable bonds is 2. The van der Waals surface area contributed by atoms with Crippen molar-refractivity contribution in [2.45, 2.75) is 6.92 Å². The maximum absolute atomic E-state index is 12.5. The molecule has 3 aromatic rings. The molecule has 4 rings (SSSR count). The van der Waals surface area contributed by atoms with Gasteiger partial charge in [0, 0.05) is 10.0 Å². The minimum Gasteiger partial charge on any atom is -0.494 e. The third-order valence-corrected chi connectivity index (χ3v) is 5.63. The summed E-state index contributed by atoms with van der Waals surface area (Å²) in [7, 11) is 0. The number of nitrogens with zero attached hydrogens (tertiary/aromatic N) is 1. The van der Waals surface area contributed by atoms with E-state index >= 15 is 0 Å². The highest BCUT2D eigenvalue weighted by molar-refractivity contribution is 9.10. The van der Waals surface area contributed by atoms with Crippen LogP contribution in [0.2, 0.25) is 0 Å². The van der Waals surface area contributed by atoms with E-state index in [0.717, 1.165) is 20.2 Å². The zero-order valence-electron chi connectivity index (χ0n) is 15.3. The lowest BCUT2D eigenvalue weighted by molar-refractivity contribution is -0.109. The number of benzene rings is 2. The molecule has 7 heteroatoms. The molecule has 0 aliphatic heterocycles. The molecule has 0 fully saturated rings. The van der Waals surface area contributed by atoms with Crippen LogP contribution in [0, 0.1) is 6.92 Å². The number of nitrogens with one attached hydrogen (secondary N) is 1. The van der Waals surface area contributed by atoms with Crippen molar-refractivity contribution < 1.29 is 9.90 Å². The Morgan fingerprint density at radius 1 is 1.07 bits per heavy atom. The second-order valence-electron chi connectivity index (χ2n) is 6.61. The molecule has 1 aliphatic carbocycles. The van der Waals surface area contributed by atoms with Gasteiger partial charge in [-0.1, -0.05) is 46.3 Å². The van der Waals surface area contributed by atoms with Crippen molar-refractivity contribution in [1.82, 2.24) is 9.55 Å².